The lowest BCUT2D eigenvalue weighted by molar-refractivity contribution is 0.224. The number of hydrogen-bond donors (Lipinski definition) is 2. The Morgan fingerprint density at radius 2 is 2.28 bits per heavy atom. The standard InChI is InChI=1S/C14H20N2O2/c1-11-4-2-7-13(10-11)18-9-8-15-14(17)16-12-5-3-6-12/h2,4,7,10,12H,3,5-6,8-9H2,1H3,(H2,15,16,17). The Labute approximate surface area is 108 Å². The molecule has 2 N–H and O–H groups in total. The van der Waals surface area contributed by atoms with Gasteiger partial charge in [0.1, 0.15) is 12.4 Å². The van der Waals surface area contributed by atoms with Gasteiger partial charge in [-0.3, -0.25) is 0 Å². The van der Waals surface area contributed by atoms with Gasteiger partial charge in [-0.05, 0) is 43.9 Å². The van der Waals surface area contributed by atoms with E-state index in [1.54, 1.807) is 0 Å². The van der Waals surface area contributed by atoms with Gasteiger partial charge in [-0.15, -0.1) is 0 Å². The molecule has 2 rings (SSSR count). The Bertz CT molecular complexity index is 403. The summed E-state index contributed by atoms with van der Waals surface area (Å²) in [4.78, 5) is 11.4. The second-order valence-corrected chi connectivity index (χ2v) is 4.69. The van der Waals surface area contributed by atoms with Crippen molar-refractivity contribution in [3.8, 4) is 5.75 Å². The number of benzene rings is 1. The molecule has 1 aromatic rings. The fourth-order valence-corrected chi connectivity index (χ4v) is 1.83. The molecule has 0 unspecified atom stereocenters. The normalized spacial score (nSPS) is 14.7. The van der Waals surface area contributed by atoms with Gasteiger partial charge in [-0.1, -0.05) is 12.1 Å². The molecule has 0 bridgehead atoms. The van der Waals surface area contributed by atoms with Gasteiger partial charge in [0.15, 0.2) is 0 Å². The summed E-state index contributed by atoms with van der Waals surface area (Å²) in [7, 11) is 0. The van der Waals surface area contributed by atoms with Crippen molar-refractivity contribution in [2.75, 3.05) is 13.2 Å². The second kappa shape index (κ2) is 6.28. The fourth-order valence-electron chi connectivity index (χ4n) is 1.83. The van der Waals surface area contributed by atoms with Crippen molar-refractivity contribution < 1.29 is 9.53 Å². The van der Waals surface area contributed by atoms with Crippen LogP contribution in [0.25, 0.3) is 0 Å². The number of amides is 2. The highest BCUT2D eigenvalue weighted by atomic mass is 16.5. The molecule has 1 aliphatic carbocycles. The summed E-state index contributed by atoms with van der Waals surface area (Å²) in [5.41, 5.74) is 1.17. The van der Waals surface area contributed by atoms with Crippen LogP contribution in [0.15, 0.2) is 24.3 Å². The molecule has 98 valence electrons. The molecule has 0 aromatic heterocycles. The molecule has 0 aliphatic heterocycles. The zero-order valence-electron chi connectivity index (χ0n) is 10.7. The quantitative estimate of drug-likeness (QED) is 0.785. The molecule has 0 spiro atoms. The van der Waals surface area contributed by atoms with Crippen LogP contribution in [0.1, 0.15) is 24.8 Å². The van der Waals surface area contributed by atoms with E-state index in [-0.39, 0.29) is 6.03 Å². The third kappa shape index (κ3) is 3.95. The van der Waals surface area contributed by atoms with Gasteiger partial charge in [0.25, 0.3) is 0 Å². The van der Waals surface area contributed by atoms with E-state index >= 15 is 0 Å². The summed E-state index contributed by atoms with van der Waals surface area (Å²) in [6.07, 6.45) is 3.43. The van der Waals surface area contributed by atoms with E-state index in [1.165, 1.54) is 12.0 Å². The summed E-state index contributed by atoms with van der Waals surface area (Å²) < 4.78 is 5.54. The first-order chi connectivity index (χ1) is 8.74. The summed E-state index contributed by atoms with van der Waals surface area (Å²) in [6.45, 7) is 3.03. The van der Waals surface area contributed by atoms with E-state index in [0.717, 1.165) is 18.6 Å². The maximum absolute atomic E-state index is 11.4. The fraction of sp³-hybridized carbons (Fsp3) is 0.500. The third-order valence-corrected chi connectivity index (χ3v) is 3.09. The van der Waals surface area contributed by atoms with Crippen LogP contribution in [0.3, 0.4) is 0 Å². The topological polar surface area (TPSA) is 50.4 Å². The van der Waals surface area contributed by atoms with E-state index in [2.05, 4.69) is 10.6 Å². The number of hydrogen-bond acceptors (Lipinski definition) is 2. The Hall–Kier alpha value is -1.71. The zero-order valence-corrected chi connectivity index (χ0v) is 10.7. The van der Waals surface area contributed by atoms with Gasteiger partial charge >= 0.3 is 6.03 Å². The molecule has 1 aliphatic rings. The van der Waals surface area contributed by atoms with E-state index in [9.17, 15) is 4.79 Å². The lowest BCUT2D eigenvalue weighted by Crippen LogP contribution is -2.46. The highest BCUT2D eigenvalue weighted by Crippen LogP contribution is 2.17. The van der Waals surface area contributed by atoms with E-state index in [1.807, 2.05) is 31.2 Å². The minimum absolute atomic E-state index is 0.0902. The molecule has 2 amide bonds. The molecule has 0 atom stereocenters. The van der Waals surface area contributed by atoms with Crippen LogP contribution < -0.4 is 15.4 Å². The number of carbonyl (C=O) groups is 1. The summed E-state index contributed by atoms with van der Waals surface area (Å²) in [6, 6.07) is 8.17. The van der Waals surface area contributed by atoms with Crippen molar-refractivity contribution in [2.24, 2.45) is 0 Å². The SMILES string of the molecule is Cc1cccc(OCCNC(=O)NC2CCC2)c1. The Morgan fingerprint density at radius 1 is 1.44 bits per heavy atom. The van der Waals surface area contributed by atoms with E-state index < -0.39 is 0 Å². The number of urea groups is 1. The van der Waals surface area contributed by atoms with Gasteiger partial charge in [0.05, 0.1) is 6.54 Å². The van der Waals surface area contributed by atoms with Crippen molar-refractivity contribution in [3.05, 3.63) is 29.8 Å². The second-order valence-electron chi connectivity index (χ2n) is 4.69. The van der Waals surface area contributed by atoms with Crippen LogP contribution in [-0.2, 0) is 0 Å². The first kappa shape index (κ1) is 12.7. The average Bonchev–Trinajstić information content (AvgIpc) is 2.30. The first-order valence-electron chi connectivity index (χ1n) is 6.48. The van der Waals surface area contributed by atoms with Crippen LogP contribution in [0.2, 0.25) is 0 Å². The number of carbonyl (C=O) groups excluding carboxylic acids is 1. The van der Waals surface area contributed by atoms with Crippen molar-refractivity contribution in [1.82, 2.24) is 10.6 Å². The lowest BCUT2D eigenvalue weighted by atomic mass is 9.93. The molecular weight excluding hydrogens is 228 g/mol. The van der Waals surface area contributed by atoms with Crippen molar-refractivity contribution in [3.63, 3.8) is 0 Å². The Morgan fingerprint density at radius 3 is 2.94 bits per heavy atom. The number of nitrogens with one attached hydrogen (secondary N) is 2. The van der Waals surface area contributed by atoms with Crippen LogP contribution in [0.4, 0.5) is 4.79 Å². The molecule has 4 nitrogen and oxygen atoms in total. The number of ether oxygens (including phenoxy) is 1. The highest BCUT2D eigenvalue weighted by molar-refractivity contribution is 5.74. The van der Waals surface area contributed by atoms with Gasteiger partial charge in [0.2, 0.25) is 0 Å². The minimum atomic E-state index is -0.0902. The molecular formula is C14H20N2O2. The smallest absolute Gasteiger partial charge is 0.315 e. The van der Waals surface area contributed by atoms with Gasteiger partial charge in [-0.25, -0.2) is 4.79 Å². The summed E-state index contributed by atoms with van der Waals surface area (Å²) in [5.74, 6) is 0.844. The van der Waals surface area contributed by atoms with Crippen LogP contribution in [0, 0.1) is 6.92 Å². The lowest BCUT2D eigenvalue weighted by Gasteiger charge is -2.26. The maximum atomic E-state index is 11.4. The Balaban J connectivity index is 1.59. The van der Waals surface area contributed by atoms with Crippen molar-refractivity contribution in [2.45, 2.75) is 32.2 Å². The van der Waals surface area contributed by atoms with Gasteiger partial charge in [0, 0.05) is 6.04 Å². The van der Waals surface area contributed by atoms with Crippen LogP contribution in [-0.4, -0.2) is 25.2 Å². The molecule has 1 aromatic carbocycles. The van der Waals surface area contributed by atoms with E-state index in [0.29, 0.717) is 19.2 Å². The molecule has 4 heteroatoms. The van der Waals surface area contributed by atoms with Crippen LogP contribution in [0.5, 0.6) is 5.75 Å². The first-order valence-corrected chi connectivity index (χ1v) is 6.48. The highest BCUT2D eigenvalue weighted by Gasteiger charge is 2.18. The zero-order chi connectivity index (χ0) is 12.8. The third-order valence-electron chi connectivity index (χ3n) is 3.09. The predicted octanol–water partition coefficient (Wildman–Crippen LogP) is 2.23. The van der Waals surface area contributed by atoms with E-state index in [4.69, 9.17) is 4.74 Å². The molecule has 1 saturated carbocycles. The minimum Gasteiger partial charge on any atom is -0.492 e. The predicted molar refractivity (Wildman–Crippen MR) is 70.8 cm³/mol. The average molecular weight is 248 g/mol. The molecule has 1 fully saturated rings. The van der Waals surface area contributed by atoms with Gasteiger partial charge < -0.3 is 15.4 Å². The van der Waals surface area contributed by atoms with Gasteiger partial charge in [-0.2, -0.15) is 0 Å². The molecule has 18 heavy (non-hydrogen) atoms. The maximum Gasteiger partial charge on any atom is 0.315 e. The number of rotatable bonds is 5. The monoisotopic (exact) mass is 248 g/mol. The largest absolute Gasteiger partial charge is 0.492 e. The Kier molecular flexibility index (Phi) is 4.45. The molecule has 0 saturated heterocycles. The number of aryl methyl sites for hydroxylation is 1. The van der Waals surface area contributed by atoms with Crippen LogP contribution >= 0.6 is 0 Å². The van der Waals surface area contributed by atoms with Crippen molar-refractivity contribution >= 4 is 6.03 Å². The summed E-state index contributed by atoms with van der Waals surface area (Å²) >= 11 is 0. The van der Waals surface area contributed by atoms with Crippen molar-refractivity contribution in [1.29, 1.82) is 0 Å². The summed E-state index contributed by atoms with van der Waals surface area (Å²) in [5, 5.41) is 5.71. The molecule has 0 heterocycles. The molecule has 0 radical (unpaired) electrons.